The van der Waals surface area contributed by atoms with E-state index in [2.05, 4.69) is 0 Å². The van der Waals surface area contributed by atoms with Gasteiger partial charge in [-0.3, -0.25) is 14.5 Å². The van der Waals surface area contributed by atoms with Crippen LogP contribution in [-0.4, -0.2) is 35.2 Å². The number of amides is 1. The Morgan fingerprint density at radius 2 is 1.95 bits per heavy atom. The Morgan fingerprint density at radius 3 is 2.38 bits per heavy atom. The zero-order valence-corrected chi connectivity index (χ0v) is 11.6. The van der Waals surface area contributed by atoms with Gasteiger partial charge in [-0.2, -0.15) is 13.2 Å². The summed E-state index contributed by atoms with van der Waals surface area (Å²) in [5.41, 5.74) is 1.74. The lowest BCUT2D eigenvalue weighted by molar-refractivity contribution is -0.186. The number of alkyl halides is 3. The van der Waals surface area contributed by atoms with Crippen LogP contribution < -0.4 is 10.6 Å². The fourth-order valence-corrected chi connectivity index (χ4v) is 1.65. The quantitative estimate of drug-likeness (QED) is 0.887. The lowest BCUT2D eigenvalue weighted by Crippen LogP contribution is -2.63. The number of carbonyl (C=O) groups is 2. The van der Waals surface area contributed by atoms with E-state index >= 15 is 0 Å². The Bertz CT molecular complexity index is 561. The molecule has 0 saturated carbocycles. The predicted octanol–water partition coefficient (Wildman–Crippen LogP) is 2.04. The highest BCUT2D eigenvalue weighted by Crippen LogP contribution is 2.31. The predicted molar refractivity (Wildman–Crippen MR) is 70.1 cm³/mol. The molecule has 1 unspecified atom stereocenters. The van der Waals surface area contributed by atoms with Crippen molar-refractivity contribution in [1.29, 1.82) is 0 Å². The Hall–Kier alpha value is -1.80. The van der Waals surface area contributed by atoms with E-state index < -0.39 is 30.1 Å². The smallest absolute Gasteiger partial charge is 0.415 e. The van der Waals surface area contributed by atoms with Crippen LogP contribution in [0.2, 0.25) is 5.02 Å². The van der Waals surface area contributed by atoms with Gasteiger partial charge in [-0.05, 0) is 25.1 Å². The third kappa shape index (κ3) is 3.85. The number of benzene rings is 1. The third-order valence-corrected chi connectivity index (χ3v) is 2.93. The van der Waals surface area contributed by atoms with Crippen molar-refractivity contribution < 1.29 is 27.9 Å². The van der Waals surface area contributed by atoms with Gasteiger partial charge in [-0.25, -0.2) is 0 Å². The lowest BCUT2D eigenvalue weighted by atomic mass is 10.0. The average molecular weight is 325 g/mol. The van der Waals surface area contributed by atoms with Crippen molar-refractivity contribution in [3.63, 3.8) is 0 Å². The molecule has 21 heavy (non-hydrogen) atoms. The van der Waals surface area contributed by atoms with Gasteiger partial charge in [-0.15, -0.1) is 0 Å². The summed E-state index contributed by atoms with van der Waals surface area (Å²) in [6.45, 7) is -0.489. The maximum absolute atomic E-state index is 12.8. The first kappa shape index (κ1) is 17.3. The van der Waals surface area contributed by atoms with Gasteiger partial charge in [0.2, 0.25) is 0 Å². The fraction of sp³-hybridized carbons (Fsp3) is 0.333. The molecular weight excluding hydrogens is 313 g/mol. The number of nitrogens with zero attached hydrogens (tertiary/aromatic N) is 1. The Labute approximate surface area is 123 Å². The van der Waals surface area contributed by atoms with Crippen molar-refractivity contribution >= 4 is 29.2 Å². The number of carboxylic acid groups (broad SMARTS) is 1. The topological polar surface area (TPSA) is 83.6 Å². The van der Waals surface area contributed by atoms with Gasteiger partial charge < -0.3 is 10.8 Å². The molecule has 9 heteroatoms. The average Bonchev–Trinajstić information content (AvgIpc) is 2.33. The number of aliphatic carboxylic acids is 1. The van der Waals surface area contributed by atoms with Crippen LogP contribution in [0.4, 0.5) is 18.9 Å². The fourth-order valence-electron chi connectivity index (χ4n) is 1.46. The van der Waals surface area contributed by atoms with Crippen LogP contribution in [0.1, 0.15) is 6.92 Å². The summed E-state index contributed by atoms with van der Waals surface area (Å²) in [4.78, 5) is 23.3. The molecule has 1 atom stereocenters. The van der Waals surface area contributed by atoms with Gasteiger partial charge in [0.05, 0.1) is 0 Å². The molecule has 1 aromatic rings. The molecule has 0 bridgehead atoms. The van der Waals surface area contributed by atoms with Crippen molar-refractivity contribution in [3.8, 4) is 0 Å². The number of carbonyl (C=O) groups excluding carboxylic acids is 1. The summed E-state index contributed by atoms with van der Waals surface area (Å²) in [5, 5.41) is 8.92. The van der Waals surface area contributed by atoms with Gasteiger partial charge in [0, 0.05) is 10.7 Å². The second-order valence-corrected chi connectivity index (χ2v) is 4.90. The van der Waals surface area contributed by atoms with Crippen LogP contribution in [0.3, 0.4) is 0 Å². The van der Waals surface area contributed by atoms with E-state index in [1.54, 1.807) is 0 Å². The van der Waals surface area contributed by atoms with Crippen LogP contribution >= 0.6 is 11.6 Å². The first-order valence-electron chi connectivity index (χ1n) is 5.61. The molecular formula is C12H12ClF3N2O3. The second kappa shape index (κ2) is 5.90. The summed E-state index contributed by atoms with van der Waals surface area (Å²) in [6, 6.07) is 5.25. The molecule has 0 heterocycles. The number of rotatable bonds is 4. The minimum atomic E-state index is -5.03. The van der Waals surface area contributed by atoms with E-state index in [9.17, 15) is 22.8 Å². The van der Waals surface area contributed by atoms with Gasteiger partial charge >= 0.3 is 12.1 Å². The molecule has 1 amide bonds. The number of anilines is 1. The SMILES string of the molecule is CC(N)(C(=O)N(CC(=O)O)c1cccc(Cl)c1)C(F)(F)F. The Balaban J connectivity index is 3.26. The first-order valence-corrected chi connectivity index (χ1v) is 5.99. The lowest BCUT2D eigenvalue weighted by Gasteiger charge is -2.32. The zero-order chi connectivity index (χ0) is 16.4. The zero-order valence-electron chi connectivity index (χ0n) is 10.8. The molecule has 0 aliphatic carbocycles. The standard InChI is InChI=1S/C12H12ClF3N2O3/c1-11(17,12(14,15)16)10(21)18(6-9(19)20)8-4-2-3-7(13)5-8/h2-5H,6,17H2,1H3,(H,19,20). The highest BCUT2D eigenvalue weighted by molar-refractivity contribution is 6.31. The molecule has 0 aliphatic heterocycles. The molecule has 0 fully saturated rings. The summed E-state index contributed by atoms with van der Waals surface area (Å²) in [6.07, 6.45) is -5.03. The molecule has 1 aromatic carbocycles. The van der Waals surface area contributed by atoms with Crippen molar-refractivity contribution in [3.05, 3.63) is 29.3 Å². The van der Waals surface area contributed by atoms with Crippen LogP contribution in [0.25, 0.3) is 0 Å². The van der Waals surface area contributed by atoms with Crippen LogP contribution in [0.5, 0.6) is 0 Å². The van der Waals surface area contributed by atoms with Gasteiger partial charge in [0.15, 0.2) is 5.54 Å². The minimum Gasteiger partial charge on any atom is -0.480 e. The summed E-state index contributed by atoms with van der Waals surface area (Å²) in [5.74, 6) is -3.07. The molecule has 5 nitrogen and oxygen atoms in total. The molecule has 0 saturated heterocycles. The van der Waals surface area contributed by atoms with Gasteiger partial charge in [0.25, 0.3) is 5.91 Å². The first-order chi connectivity index (χ1) is 9.46. The van der Waals surface area contributed by atoms with Crippen molar-refractivity contribution in [1.82, 2.24) is 0 Å². The normalized spacial score (nSPS) is 14.4. The molecule has 0 radical (unpaired) electrons. The number of hydrogen-bond donors (Lipinski definition) is 2. The number of carboxylic acids is 1. The maximum Gasteiger partial charge on any atom is 0.415 e. The second-order valence-electron chi connectivity index (χ2n) is 4.47. The van der Waals surface area contributed by atoms with E-state index in [4.69, 9.17) is 22.4 Å². The van der Waals surface area contributed by atoms with E-state index in [1.165, 1.54) is 24.3 Å². The molecule has 0 aromatic heterocycles. The molecule has 3 N–H and O–H groups in total. The maximum atomic E-state index is 12.8. The highest BCUT2D eigenvalue weighted by atomic mass is 35.5. The number of nitrogens with two attached hydrogens (primary N) is 1. The van der Waals surface area contributed by atoms with Gasteiger partial charge in [0.1, 0.15) is 6.54 Å². The Kier molecular flexibility index (Phi) is 4.85. The summed E-state index contributed by atoms with van der Waals surface area (Å²) in [7, 11) is 0. The van der Waals surface area contributed by atoms with Crippen molar-refractivity contribution in [2.24, 2.45) is 5.73 Å². The molecule has 1 rings (SSSR count). The molecule has 116 valence electrons. The monoisotopic (exact) mass is 324 g/mol. The van der Waals surface area contributed by atoms with Gasteiger partial charge in [-0.1, -0.05) is 17.7 Å². The minimum absolute atomic E-state index is 0.0872. The molecule has 0 aliphatic rings. The Morgan fingerprint density at radius 1 is 1.38 bits per heavy atom. The number of hydrogen-bond acceptors (Lipinski definition) is 3. The largest absolute Gasteiger partial charge is 0.480 e. The van der Waals surface area contributed by atoms with Crippen LogP contribution in [0, 0.1) is 0 Å². The summed E-state index contributed by atoms with van der Waals surface area (Å²) >= 11 is 5.70. The van der Waals surface area contributed by atoms with Crippen molar-refractivity contribution in [2.75, 3.05) is 11.4 Å². The van der Waals surface area contributed by atoms with E-state index in [0.717, 1.165) is 0 Å². The highest BCUT2D eigenvalue weighted by Gasteiger charge is 2.55. The van der Waals surface area contributed by atoms with Crippen LogP contribution in [-0.2, 0) is 9.59 Å². The molecule has 0 spiro atoms. The van der Waals surface area contributed by atoms with E-state index in [0.29, 0.717) is 11.8 Å². The van der Waals surface area contributed by atoms with Crippen molar-refractivity contribution in [2.45, 2.75) is 18.6 Å². The summed E-state index contributed by atoms with van der Waals surface area (Å²) < 4.78 is 38.5. The van der Waals surface area contributed by atoms with Crippen LogP contribution in [0.15, 0.2) is 24.3 Å². The van der Waals surface area contributed by atoms with E-state index in [-0.39, 0.29) is 10.7 Å². The third-order valence-electron chi connectivity index (χ3n) is 2.69. The van der Waals surface area contributed by atoms with E-state index in [1.807, 2.05) is 0 Å². The number of halogens is 4.